The molecule has 1 N–H and O–H groups in total. The summed E-state index contributed by atoms with van der Waals surface area (Å²) >= 11 is 0. The fourth-order valence-corrected chi connectivity index (χ4v) is 2.57. The zero-order valence-electron chi connectivity index (χ0n) is 17.3. The number of carbonyl (C=O) groups excluding carboxylic acids is 2. The summed E-state index contributed by atoms with van der Waals surface area (Å²) in [5.74, 6) is -2.22. The average Bonchev–Trinajstić information content (AvgIpc) is 2.74. The third-order valence-electron chi connectivity index (χ3n) is 4.01. The van der Waals surface area contributed by atoms with Crippen molar-refractivity contribution in [1.82, 2.24) is 0 Å². The highest BCUT2D eigenvalue weighted by molar-refractivity contribution is 6.00. The molecule has 1 amide bonds. The molecular formula is C20H20F2N2O8. The quantitative estimate of drug-likeness (QED) is 0.326. The van der Waals surface area contributed by atoms with Gasteiger partial charge in [0.05, 0.1) is 30.4 Å². The predicted octanol–water partition coefficient (Wildman–Crippen LogP) is 3.79. The summed E-state index contributed by atoms with van der Waals surface area (Å²) < 4.78 is 44.8. The number of para-hydroxylation sites is 2. The molecule has 2 aromatic rings. The molecule has 0 radical (unpaired) electrons. The van der Waals surface area contributed by atoms with Gasteiger partial charge < -0.3 is 24.3 Å². The Balaban J connectivity index is 2.22. The van der Waals surface area contributed by atoms with Crippen molar-refractivity contribution in [3.8, 4) is 17.2 Å². The van der Waals surface area contributed by atoms with Gasteiger partial charge in [-0.2, -0.15) is 8.78 Å². The molecule has 172 valence electrons. The number of nitrogens with one attached hydrogen (secondary N) is 1. The van der Waals surface area contributed by atoms with Gasteiger partial charge in [0.25, 0.3) is 11.6 Å². The molecule has 0 aromatic heterocycles. The van der Waals surface area contributed by atoms with E-state index >= 15 is 0 Å². The number of hydrogen-bond acceptors (Lipinski definition) is 8. The fourth-order valence-electron chi connectivity index (χ4n) is 2.57. The van der Waals surface area contributed by atoms with Crippen LogP contribution in [0.3, 0.4) is 0 Å². The number of rotatable bonds is 10. The van der Waals surface area contributed by atoms with Crippen LogP contribution in [0.1, 0.15) is 24.2 Å². The number of carbonyl (C=O) groups is 2. The van der Waals surface area contributed by atoms with Gasteiger partial charge in [-0.05, 0) is 26.0 Å². The van der Waals surface area contributed by atoms with E-state index < -0.39 is 40.8 Å². The Morgan fingerprint density at radius 3 is 2.44 bits per heavy atom. The number of nitro groups is 1. The number of nitrogens with zero attached hydrogens (tertiary/aromatic N) is 1. The largest absolute Gasteiger partial charge is 0.493 e. The van der Waals surface area contributed by atoms with Gasteiger partial charge in [-0.3, -0.25) is 14.9 Å². The molecule has 1 unspecified atom stereocenters. The van der Waals surface area contributed by atoms with Gasteiger partial charge in [0.1, 0.15) is 11.3 Å². The molecule has 0 spiro atoms. The first-order valence-corrected chi connectivity index (χ1v) is 9.22. The zero-order chi connectivity index (χ0) is 23.8. The topological polar surface area (TPSA) is 126 Å². The van der Waals surface area contributed by atoms with E-state index in [9.17, 15) is 28.5 Å². The van der Waals surface area contributed by atoms with E-state index in [2.05, 4.69) is 10.1 Å². The molecule has 0 heterocycles. The van der Waals surface area contributed by atoms with Crippen LogP contribution in [-0.2, 0) is 9.53 Å². The number of methoxy groups -OCH3 is 1. The number of alkyl halides is 2. The van der Waals surface area contributed by atoms with Crippen molar-refractivity contribution in [2.75, 3.05) is 19.0 Å². The first-order chi connectivity index (χ1) is 15.2. The van der Waals surface area contributed by atoms with E-state index in [-0.39, 0.29) is 29.5 Å². The standard InChI is InChI=1S/C20H20F2N2O8/c1-4-30-17-10-14(24(27)28)12(9-16(17)29-3)19(26)31-11(2)18(25)23-13-7-5-6-8-15(13)32-20(21)22/h5-11,20H,4H2,1-3H3,(H,23,25). The van der Waals surface area contributed by atoms with Crippen molar-refractivity contribution in [3.05, 3.63) is 52.1 Å². The predicted molar refractivity (Wildman–Crippen MR) is 107 cm³/mol. The lowest BCUT2D eigenvalue weighted by atomic mass is 10.1. The van der Waals surface area contributed by atoms with E-state index in [1.54, 1.807) is 6.92 Å². The van der Waals surface area contributed by atoms with E-state index in [1.165, 1.54) is 38.3 Å². The molecule has 2 rings (SSSR count). The number of benzene rings is 2. The lowest BCUT2D eigenvalue weighted by Crippen LogP contribution is -2.30. The highest BCUT2D eigenvalue weighted by atomic mass is 19.3. The summed E-state index contributed by atoms with van der Waals surface area (Å²) in [7, 11) is 1.29. The van der Waals surface area contributed by atoms with E-state index in [0.29, 0.717) is 0 Å². The second-order valence-corrected chi connectivity index (χ2v) is 6.12. The van der Waals surface area contributed by atoms with Gasteiger partial charge in [0, 0.05) is 6.07 Å². The molecule has 0 bridgehead atoms. The van der Waals surface area contributed by atoms with Gasteiger partial charge in [-0.1, -0.05) is 12.1 Å². The normalized spacial score (nSPS) is 11.4. The second kappa shape index (κ2) is 10.9. The van der Waals surface area contributed by atoms with Crippen LogP contribution in [0.2, 0.25) is 0 Å². The Bertz CT molecular complexity index is 1000. The van der Waals surface area contributed by atoms with Crippen LogP contribution in [0.5, 0.6) is 17.2 Å². The summed E-state index contributed by atoms with van der Waals surface area (Å²) in [5, 5.41) is 13.7. The molecule has 0 saturated heterocycles. The average molecular weight is 454 g/mol. The minimum Gasteiger partial charge on any atom is -0.493 e. The molecule has 0 fully saturated rings. The fraction of sp³-hybridized carbons (Fsp3) is 0.300. The minimum absolute atomic E-state index is 0.0552. The molecular weight excluding hydrogens is 434 g/mol. The first-order valence-electron chi connectivity index (χ1n) is 9.22. The highest BCUT2D eigenvalue weighted by Gasteiger charge is 2.29. The molecule has 0 aliphatic carbocycles. The first kappa shape index (κ1) is 24.3. The Morgan fingerprint density at radius 1 is 1.16 bits per heavy atom. The van der Waals surface area contributed by atoms with E-state index in [4.69, 9.17) is 14.2 Å². The molecule has 10 nitrogen and oxygen atoms in total. The summed E-state index contributed by atoms with van der Waals surface area (Å²) in [4.78, 5) is 35.6. The van der Waals surface area contributed by atoms with Crippen molar-refractivity contribution in [2.24, 2.45) is 0 Å². The SMILES string of the molecule is CCOc1cc([N+](=O)[O-])c(C(=O)OC(C)C(=O)Nc2ccccc2OC(F)F)cc1OC. The molecule has 32 heavy (non-hydrogen) atoms. The summed E-state index contributed by atoms with van der Waals surface area (Å²) in [6.07, 6.45) is -1.43. The van der Waals surface area contributed by atoms with Crippen LogP contribution in [0, 0.1) is 10.1 Å². The summed E-state index contributed by atoms with van der Waals surface area (Å²) in [5.41, 5.74) is -1.15. The maximum absolute atomic E-state index is 12.6. The van der Waals surface area contributed by atoms with Gasteiger partial charge in [-0.15, -0.1) is 0 Å². The Morgan fingerprint density at radius 2 is 1.84 bits per heavy atom. The van der Waals surface area contributed by atoms with E-state index in [0.717, 1.165) is 12.1 Å². The Labute approximate surface area is 181 Å². The minimum atomic E-state index is -3.11. The highest BCUT2D eigenvalue weighted by Crippen LogP contribution is 2.35. The zero-order valence-corrected chi connectivity index (χ0v) is 17.3. The van der Waals surface area contributed by atoms with Crippen LogP contribution in [-0.4, -0.2) is 43.2 Å². The van der Waals surface area contributed by atoms with Crippen LogP contribution >= 0.6 is 0 Å². The number of esters is 1. The Hall–Kier alpha value is -3.96. The van der Waals surface area contributed by atoms with Crippen molar-refractivity contribution >= 4 is 23.3 Å². The van der Waals surface area contributed by atoms with Crippen LogP contribution in [0.15, 0.2) is 36.4 Å². The third kappa shape index (κ3) is 6.03. The lowest BCUT2D eigenvalue weighted by molar-refractivity contribution is -0.385. The molecule has 2 aromatic carbocycles. The molecule has 1 atom stereocenters. The number of amides is 1. The number of hydrogen-bond donors (Lipinski definition) is 1. The van der Waals surface area contributed by atoms with E-state index in [1.807, 2.05) is 0 Å². The Kier molecular flexibility index (Phi) is 8.27. The van der Waals surface area contributed by atoms with Gasteiger partial charge in [0.15, 0.2) is 17.6 Å². The second-order valence-electron chi connectivity index (χ2n) is 6.12. The van der Waals surface area contributed by atoms with Crippen LogP contribution in [0.25, 0.3) is 0 Å². The van der Waals surface area contributed by atoms with Gasteiger partial charge in [-0.25, -0.2) is 4.79 Å². The molecule has 0 saturated carbocycles. The summed E-state index contributed by atoms with van der Waals surface area (Å²) in [6.45, 7) is -0.0382. The maximum Gasteiger partial charge on any atom is 0.387 e. The van der Waals surface area contributed by atoms with Crippen molar-refractivity contribution in [3.63, 3.8) is 0 Å². The number of ether oxygens (including phenoxy) is 4. The van der Waals surface area contributed by atoms with Crippen molar-refractivity contribution in [1.29, 1.82) is 0 Å². The summed E-state index contributed by atoms with van der Waals surface area (Å²) in [6, 6.07) is 7.51. The van der Waals surface area contributed by atoms with Gasteiger partial charge >= 0.3 is 12.6 Å². The number of nitro benzene ring substituents is 1. The molecule has 0 aliphatic heterocycles. The van der Waals surface area contributed by atoms with Crippen molar-refractivity contribution in [2.45, 2.75) is 26.6 Å². The van der Waals surface area contributed by atoms with Crippen LogP contribution in [0.4, 0.5) is 20.2 Å². The van der Waals surface area contributed by atoms with Crippen LogP contribution < -0.4 is 19.5 Å². The van der Waals surface area contributed by atoms with Crippen molar-refractivity contribution < 1.29 is 42.2 Å². The molecule has 0 aliphatic rings. The number of anilines is 1. The lowest BCUT2D eigenvalue weighted by Gasteiger charge is -2.16. The maximum atomic E-state index is 12.6. The number of halogens is 2. The smallest absolute Gasteiger partial charge is 0.387 e. The molecule has 12 heteroatoms. The van der Waals surface area contributed by atoms with Gasteiger partial charge in [0.2, 0.25) is 0 Å². The monoisotopic (exact) mass is 454 g/mol. The third-order valence-corrected chi connectivity index (χ3v) is 4.01.